The van der Waals surface area contributed by atoms with E-state index in [-0.39, 0.29) is 0 Å². The van der Waals surface area contributed by atoms with Crippen LogP contribution in [0.15, 0.2) is 35.1 Å². The standard InChI is InChI=1S/C13H13ClN2O3/c1-8-12(7-18-16-8)15-13(17)19-9(2)10-5-3-4-6-11(10)14/h3-7,9H,1-2H3,(H,15,17)/t9-/m1/s1. The molecule has 0 saturated heterocycles. The number of carbonyl (C=O) groups is 1. The van der Waals surface area contributed by atoms with Crippen LogP contribution in [0, 0.1) is 6.92 Å². The van der Waals surface area contributed by atoms with Crippen LogP contribution in [0.2, 0.25) is 5.02 Å². The molecule has 0 unspecified atom stereocenters. The number of hydrogen-bond acceptors (Lipinski definition) is 4. The molecule has 1 N–H and O–H groups in total. The minimum absolute atomic E-state index is 0.450. The molecule has 1 aromatic carbocycles. The van der Waals surface area contributed by atoms with Crippen LogP contribution in [-0.2, 0) is 4.74 Å². The smallest absolute Gasteiger partial charge is 0.412 e. The Balaban J connectivity index is 2.00. The summed E-state index contributed by atoms with van der Waals surface area (Å²) >= 11 is 6.03. The highest BCUT2D eigenvalue weighted by Crippen LogP contribution is 2.25. The number of hydrogen-bond donors (Lipinski definition) is 1. The van der Waals surface area contributed by atoms with Crippen LogP contribution in [-0.4, -0.2) is 11.2 Å². The van der Waals surface area contributed by atoms with Crippen molar-refractivity contribution in [2.24, 2.45) is 0 Å². The van der Waals surface area contributed by atoms with E-state index in [0.717, 1.165) is 5.56 Å². The van der Waals surface area contributed by atoms with E-state index >= 15 is 0 Å². The molecule has 0 spiro atoms. The van der Waals surface area contributed by atoms with Crippen molar-refractivity contribution in [2.75, 3.05) is 5.32 Å². The third-order valence-electron chi connectivity index (χ3n) is 2.61. The summed E-state index contributed by atoms with van der Waals surface area (Å²) in [5.41, 5.74) is 1.82. The van der Waals surface area contributed by atoms with Gasteiger partial charge in [0, 0.05) is 10.6 Å². The predicted octanol–water partition coefficient (Wildman–Crippen LogP) is 3.95. The molecule has 0 fully saturated rings. The number of benzene rings is 1. The van der Waals surface area contributed by atoms with E-state index < -0.39 is 12.2 Å². The zero-order chi connectivity index (χ0) is 13.8. The number of rotatable bonds is 3. The largest absolute Gasteiger partial charge is 0.441 e. The molecule has 5 nitrogen and oxygen atoms in total. The number of aryl methyl sites for hydroxylation is 1. The van der Waals surface area contributed by atoms with Crippen molar-refractivity contribution in [1.29, 1.82) is 0 Å². The van der Waals surface area contributed by atoms with Crippen LogP contribution in [0.4, 0.5) is 10.5 Å². The number of anilines is 1. The Labute approximate surface area is 115 Å². The van der Waals surface area contributed by atoms with Crippen LogP contribution in [0.5, 0.6) is 0 Å². The number of aromatic nitrogens is 1. The summed E-state index contributed by atoms with van der Waals surface area (Å²) in [6, 6.07) is 7.21. The second kappa shape index (κ2) is 5.75. The van der Waals surface area contributed by atoms with E-state index in [1.807, 2.05) is 18.2 Å². The van der Waals surface area contributed by atoms with Crippen molar-refractivity contribution in [1.82, 2.24) is 5.16 Å². The van der Waals surface area contributed by atoms with Gasteiger partial charge in [0.1, 0.15) is 23.7 Å². The molecule has 1 atom stereocenters. The van der Waals surface area contributed by atoms with Gasteiger partial charge in [-0.3, -0.25) is 5.32 Å². The van der Waals surface area contributed by atoms with Gasteiger partial charge in [0.2, 0.25) is 0 Å². The topological polar surface area (TPSA) is 64.4 Å². The zero-order valence-electron chi connectivity index (χ0n) is 10.5. The first-order valence-electron chi connectivity index (χ1n) is 5.71. The molecule has 0 bridgehead atoms. The summed E-state index contributed by atoms with van der Waals surface area (Å²) in [4.78, 5) is 11.7. The first kappa shape index (κ1) is 13.4. The SMILES string of the molecule is Cc1nocc1NC(=O)O[C@H](C)c1ccccc1Cl. The maximum Gasteiger partial charge on any atom is 0.412 e. The number of carbonyl (C=O) groups excluding carboxylic acids is 1. The van der Waals surface area contributed by atoms with Crippen LogP contribution < -0.4 is 5.32 Å². The lowest BCUT2D eigenvalue weighted by atomic mass is 10.1. The van der Waals surface area contributed by atoms with E-state index in [4.69, 9.17) is 20.9 Å². The fourth-order valence-electron chi connectivity index (χ4n) is 1.58. The van der Waals surface area contributed by atoms with Crippen LogP contribution >= 0.6 is 11.6 Å². The highest BCUT2D eigenvalue weighted by Gasteiger charge is 2.15. The molecule has 19 heavy (non-hydrogen) atoms. The molecule has 2 aromatic rings. The normalized spacial score (nSPS) is 11.9. The summed E-state index contributed by atoms with van der Waals surface area (Å²) in [5, 5.41) is 6.76. The van der Waals surface area contributed by atoms with E-state index in [2.05, 4.69) is 10.5 Å². The van der Waals surface area contributed by atoms with Gasteiger partial charge >= 0.3 is 6.09 Å². The number of ether oxygens (including phenoxy) is 1. The fourth-order valence-corrected chi connectivity index (χ4v) is 1.87. The molecule has 0 aliphatic rings. The average molecular weight is 281 g/mol. The molecule has 1 heterocycles. The molecular formula is C13H13ClN2O3. The molecule has 0 aliphatic heterocycles. The molecule has 100 valence electrons. The molecular weight excluding hydrogens is 268 g/mol. The Morgan fingerprint density at radius 2 is 2.21 bits per heavy atom. The third kappa shape index (κ3) is 3.26. The molecule has 1 aromatic heterocycles. The fraction of sp³-hybridized carbons (Fsp3) is 0.231. The second-order valence-corrected chi connectivity index (χ2v) is 4.41. The van der Waals surface area contributed by atoms with Crippen LogP contribution in [0.25, 0.3) is 0 Å². The molecule has 0 radical (unpaired) electrons. The number of nitrogens with zero attached hydrogens (tertiary/aromatic N) is 1. The molecule has 0 saturated carbocycles. The quantitative estimate of drug-likeness (QED) is 0.924. The van der Waals surface area contributed by atoms with Crippen molar-refractivity contribution in [2.45, 2.75) is 20.0 Å². The van der Waals surface area contributed by atoms with Gasteiger partial charge in [-0.1, -0.05) is 35.0 Å². The van der Waals surface area contributed by atoms with Gasteiger partial charge in [-0.05, 0) is 19.9 Å². The van der Waals surface area contributed by atoms with Crippen molar-refractivity contribution in [3.05, 3.63) is 46.8 Å². The van der Waals surface area contributed by atoms with E-state index in [1.165, 1.54) is 6.26 Å². The molecule has 1 amide bonds. The van der Waals surface area contributed by atoms with Crippen molar-refractivity contribution >= 4 is 23.4 Å². The van der Waals surface area contributed by atoms with E-state index in [0.29, 0.717) is 16.4 Å². The number of halogens is 1. The Kier molecular flexibility index (Phi) is 4.06. The maximum absolute atomic E-state index is 11.7. The Morgan fingerprint density at radius 1 is 1.47 bits per heavy atom. The minimum Gasteiger partial charge on any atom is -0.441 e. The summed E-state index contributed by atoms with van der Waals surface area (Å²) in [5.74, 6) is 0. The van der Waals surface area contributed by atoms with Gasteiger partial charge < -0.3 is 9.26 Å². The Morgan fingerprint density at radius 3 is 2.84 bits per heavy atom. The molecule has 2 rings (SSSR count). The second-order valence-electron chi connectivity index (χ2n) is 4.01. The Bertz CT molecular complexity index is 583. The van der Waals surface area contributed by atoms with Crippen molar-refractivity contribution in [3.8, 4) is 0 Å². The van der Waals surface area contributed by atoms with Gasteiger partial charge in [0.15, 0.2) is 0 Å². The van der Waals surface area contributed by atoms with Gasteiger partial charge in [-0.15, -0.1) is 0 Å². The molecule has 0 aliphatic carbocycles. The van der Waals surface area contributed by atoms with Gasteiger partial charge in [-0.2, -0.15) is 0 Å². The van der Waals surface area contributed by atoms with Crippen LogP contribution in [0.3, 0.4) is 0 Å². The first-order chi connectivity index (χ1) is 9.08. The lowest BCUT2D eigenvalue weighted by Crippen LogP contribution is -2.16. The highest BCUT2D eigenvalue weighted by atomic mass is 35.5. The lowest BCUT2D eigenvalue weighted by Gasteiger charge is -2.14. The number of nitrogens with one attached hydrogen (secondary N) is 1. The van der Waals surface area contributed by atoms with Gasteiger partial charge in [0.25, 0.3) is 0 Å². The predicted molar refractivity (Wildman–Crippen MR) is 71.2 cm³/mol. The summed E-state index contributed by atoms with van der Waals surface area (Å²) < 4.78 is 9.96. The van der Waals surface area contributed by atoms with E-state index in [1.54, 1.807) is 19.9 Å². The summed E-state index contributed by atoms with van der Waals surface area (Å²) in [6.07, 6.45) is 0.309. The van der Waals surface area contributed by atoms with Crippen molar-refractivity contribution in [3.63, 3.8) is 0 Å². The summed E-state index contributed by atoms with van der Waals surface area (Å²) in [7, 11) is 0. The molecule has 6 heteroatoms. The highest BCUT2D eigenvalue weighted by molar-refractivity contribution is 6.31. The van der Waals surface area contributed by atoms with Crippen molar-refractivity contribution < 1.29 is 14.1 Å². The van der Waals surface area contributed by atoms with Gasteiger partial charge in [0.05, 0.1) is 0 Å². The summed E-state index contributed by atoms with van der Waals surface area (Å²) in [6.45, 7) is 3.47. The van der Waals surface area contributed by atoms with Crippen LogP contribution in [0.1, 0.15) is 24.3 Å². The number of amides is 1. The monoisotopic (exact) mass is 280 g/mol. The zero-order valence-corrected chi connectivity index (χ0v) is 11.3. The van der Waals surface area contributed by atoms with E-state index in [9.17, 15) is 4.79 Å². The minimum atomic E-state index is -0.585. The lowest BCUT2D eigenvalue weighted by molar-refractivity contribution is 0.121. The maximum atomic E-state index is 11.7. The first-order valence-corrected chi connectivity index (χ1v) is 6.08. The Hall–Kier alpha value is -2.01. The van der Waals surface area contributed by atoms with Gasteiger partial charge in [-0.25, -0.2) is 4.79 Å². The average Bonchev–Trinajstić information content (AvgIpc) is 2.75. The third-order valence-corrected chi connectivity index (χ3v) is 2.96.